The Balaban J connectivity index is 2.35. The second-order valence-electron chi connectivity index (χ2n) is 7.50. The van der Waals surface area contributed by atoms with Gasteiger partial charge in [0.2, 0.25) is 0 Å². The van der Waals surface area contributed by atoms with Gasteiger partial charge in [0, 0.05) is 0 Å². The SMILES string of the molecule is C=[C]([C@@H]1[C@H](O)CN(S(=O)(=O)c2ccc(C)cc2)[C@H]1C)[Sn]([CH3])([CH3])[CH3]. The van der Waals surface area contributed by atoms with Gasteiger partial charge >= 0.3 is 144 Å². The topological polar surface area (TPSA) is 57.6 Å². The molecule has 0 unspecified atom stereocenters. The number of aliphatic hydroxyl groups excluding tert-OH is 1. The molecule has 1 heterocycles. The number of aryl methyl sites for hydroxylation is 1. The van der Waals surface area contributed by atoms with Crippen molar-refractivity contribution in [1.29, 1.82) is 0 Å². The molecular formula is C17H27NO3SSn. The van der Waals surface area contributed by atoms with Crippen molar-refractivity contribution in [3.05, 3.63) is 40.0 Å². The minimum absolute atomic E-state index is 0.142. The second-order valence-corrected chi connectivity index (χ2v) is 24.1. The Morgan fingerprint density at radius 1 is 1.26 bits per heavy atom. The minimum atomic E-state index is -3.59. The standard InChI is InChI=1S/C14H18NO3S.3CH3.Sn/c1-4-13-11(3)15(9-14(13)16)19(17,18)12-7-5-10(2)6-8-12;;;;/h5-8,11,13-14,16H,1,9H2,2-3H3;3*1H3;/t11-,13-,14+;;;;/m0..../s1. The molecule has 1 aliphatic heterocycles. The molecule has 0 amide bonds. The third-order valence-corrected chi connectivity index (χ3v) is 13.2. The molecule has 2 rings (SSSR count). The zero-order chi connectivity index (χ0) is 17.6. The Kier molecular flexibility index (Phi) is 5.36. The monoisotopic (exact) mass is 445 g/mol. The van der Waals surface area contributed by atoms with E-state index >= 15 is 0 Å². The normalized spacial score (nSPS) is 26.4. The van der Waals surface area contributed by atoms with Crippen molar-refractivity contribution in [1.82, 2.24) is 4.31 Å². The Morgan fingerprint density at radius 2 is 1.78 bits per heavy atom. The first kappa shape index (κ1) is 19.0. The van der Waals surface area contributed by atoms with Gasteiger partial charge in [-0.1, -0.05) is 0 Å². The number of nitrogens with zero attached hydrogens (tertiary/aromatic N) is 1. The van der Waals surface area contributed by atoms with Crippen molar-refractivity contribution >= 4 is 28.4 Å². The van der Waals surface area contributed by atoms with Crippen LogP contribution in [0.1, 0.15) is 12.5 Å². The van der Waals surface area contributed by atoms with E-state index in [-0.39, 0.29) is 23.4 Å². The van der Waals surface area contributed by atoms with Crippen LogP contribution in [0.4, 0.5) is 0 Å². The Hall–Kier alpha value is -0.371. The van der Waals surface area contributed by atoms with Gasteiger partial charge in [-0.2, -0.15) is 0 Å². The van der Waals surface area contributed by atoms with E-state index in [1.54, 1.807) is 24.3 Å². The fourth-order valence-corrected chi connectivity index (χ4v) is 8.91. The summed E-state index contributed by atoms with van der Waals surface area (Å²) in [6.45, 7) is 8.17. The van der Waals surface area contributed by atoms with Crippen LogP contribution < -0.4 is 0 Å². The summed E-state index contributed by atoms with van der Waals surface area (Å²) >= 11 is -2.42. The van der Waals surface area contributed by atoms with Gasteiger partial charge in [0.25, 0.3) is 0 Å². The molecule has 4 nitrogen and oxygen atoms in total. The molecule has 6 heteroatoms. The Morgan fingerprint density at radius 3 is 2.26 bits per heavy atom. The zero-order valence-corrected chi connectivity index (χ0v) is 18.2. The molecule has 0 aromatic heterocycles. The van der Waals surface area contributed by atoms with E-state index in [1.807, 2.05) is 13.8 Å². The van der Waals surface area contributed by atoms with Crippen LogP contribution in [-0.4, -0.2) is 54.9 Å². The van der Waals surface area contributed by atoms with Crippen LogP contribution >= 0.6 is 0 Å². The quantitative estimate of drug-likeness (QED) is 0.728. The van der Waals surface area contributed by atoms with Crippen LogP contribution in [-0.2, 0) is 10.0 Å². The molecular weight excluding hydrogens is 417 g/mol. The predicted octanol–water partition coefficient (Wildman–Crippen LogP) is 2.80. The summed E-state index contributed by atoms with van der Waals surface area (Å²) in [6.07, 6.45) is -0.673. The predicted molar refractivity (Wildman–Crippen MR) is 96.5 cm³/mol. The van der Waals surface area contributed by atoms with Gasteiger partial charge in [-0.25, -0.2) is 0 Å². The molecule has 0 saturated carbocycles. The van der Waals surface area contributed by atoms with Gasteiger partial charge in [0.05, 0.1) is 0 Å². The van der Waals surface area contributed by atoms with Crippen LogP contribution in [0.3, 0.4) is 0 Å². The first-order valence-corrected chi connectivity index (χ1v) is 19.3. The maximum atomic E-state index is 12.9. The number of benzene rings is 1. The summed E-state index contributed by atoms with van der Waals surface area (Å²) in [6, 6.07) is 6.60. The molecule has 1 aliphatic rings. The molecule has 23 heavy (non-hydrogen) atoms. The fourth-order valence-electron chi connectivity index (χ4n) is 3.15. The first-order chi connectivity index (χ1) is 10.5. The van der Waals surface area contributed by atoms with Gasteiger partial charge in [-0.15, -0.1) is 0 Å². The molecule has 1 aromatic carbocycles. The molecule has 1 N–H and O–H groups in total. The van der Waals surface area contributed by atoms with E-state index in [9.17, 15) is 13.5 Å². The third-order valence-electron chi connectivity index (χ3n) is 4.75. The summed E-state index contributed by atoms with van der Waals surface area (Å²) in [5, 5.41) is 10.5. The van der Waals surface area contributed by atoms with Gasteiger partial charge in [-0.05, 0) is 0 Å². The summed E-state index contributed by atoms with van der Waals surface area (Å²) in [5.41, 5.74) is 1.02. The number of aliphatic hydroxyl groups is 1. The van der Waals surface area contributed by atoms with Crippen LogP contribution in [0.15, 0.2) is 39.3 Å². The Bertz CT molecular complexity index is 692. The van der Waals surface area contributed by atoms with Crippen molar-refractivity contribution in [3.8, 4) is 0 Å². The average Bonchev–Trinajstić information content (AvgIpc) is 2.73. The summed E-state index contributed by atoms with van der Waals surface area (Å²) in [7, 11) is -3.59. The molecule has 0 bridgehead atoms. The molecule has 1 fully saturated rings. The third kappa shape index (κ3) is 3.67. The second kappa shape index (κ2) is 6.50. The van der Waals surface area contributed by atoms with E-state index in [2.05, 4.69) is 21.4 Å². The summed E-state index contributed by atoms with van der Waals surface area (Å²) in [4.78, 5) is 7.02. The van der Waals surface area contributed by atoms with Gasteiger partial charge < -0.3 is 0 Å². The van der Waals surface area contributed by atoms with Crippen LogP contribution in [0.5, 0.6) is 0 Å². The number of hydrogen-bond donors (Lipinski definition) is 1. The fraction of sp³-hybridized carbons (Fsp3) is 0.529. The number of hydrogen-bond acceptors (Lipinski definition) is 3. The number of rotatable bonds is 4. The van der Waals surface area contributed by atoms with Gasteiger partial charge in [0.1, 0.15) is 0 Å². The van der Waals surface area contributed by atoms with E-state index in [0.29, 0.717) is 0 Å². The van der Waals surface area contributed by atoms with E-state index in [4.69, 9.17) is 0 Å². The van der Waals surface area contributed by atoms with Crippen molar-refractivity contribution in [2.75, 3.05) is 6.54 Å². The first-order valence-electron chi connectivity index (χ1n) is 7.92. The van der Waals surface area contributed by atoms with Crippen molar-refractivity contribution < 1.29 is 13.5 Å². The molecule has 1 aromatic rings. The Labute approximate surface area is 144 Å². The molecule has 0 radical (unpaired) electrons. The number of sulfonamides is 1. The van der Waals surface area contributed by atoms with E-state index < -0.39 is 34.5 Å². The molecule has 1 saturated heterocycles. The van der Waals surface area contributed by atoms with Crippen molar-refractivity contribution in [3.63, 3.8) is 0 Å². The van der Waals surface area contributed by atoms with Crippen LogP contribution in [0.25, 0.3) is 0 Å². The summed E-state index contributed by atoms with van der Waals surface area (Å²) in [5.74, 6) is -0.161. The van der Waals surface area contributed by atoms with Gasteiger partial charge in [0.15, 0.2) is 0 Å². The molecule has 128 valence electrons. The summed E-state index contributed by atoms with van der Waals surface area (Å²) < 4.78 is 28.4. The molecule has 0 aliphatic carbocycles. The number of β-amino-alcohol motifs (C(OH)–C–C–N with tert-alkyl or cyclic N) is 1. The molecule has 3 atom stereocenters. The molecule has 0 spiro atoms. The van der Waals surface area contributed by atoms with E-state index in [0.717, 1.165) is 9.15 Å². The van der Waals surface area contributed by atoms with Crippen molar-refractivity contribution in [2.45, 2.75) is 45.7 Å². The van der Waals surface area contributed by atoms with Crippen LogP contribution in [0, 0.1) is 12.8 Å². The zero-order valence-electron chi connectivity index (χ0n) is 14.6. The van der Waals surface area contributed by atoms with Crippen LogP contribution in [0.2, 0.25) is 14.8 Å². The van der Waals surface area contributed by atoms with Crippen molar-refractivity contribution in [2.24, 2.45) is 5.92 Å². The average molecular weight is 444 g/mol. The van der Waals surface area contributed by atoms with Gasteiger partial charge in [-0.3, -0.25) is 0 Å². The maximum absolute atomic E-state index is 12.9. The van der Waals surface area contributed by atoms with E-state index in [1.165, 1.54) is 4.31 Å².